The van der Waals surface area contributed by atoms with Crippen LogP contribution in [0.5, 0.6) is 0 Å². The van der Waals surface area contributed by atoms with Gasteiger partial charge >= 0.3 is 0 Å². The van der Waals surface area contributed by atoms with Gasteiger partial charge in [-0.05, 0) is 56.0 Å². The van der Waals surface area contributed by atoms with Crippen molar-refractivity contribution in [1.82, 2.24) is 14.9 Å². The highest BCUT2D eigenvalue weighted by Crippen LogP contribution is 2.27. The molecule has 1 saturated heterocycles. The van der Waals surface area contributed by atoms with Crippen LogP contribution in [0.25, 0.3) is 0 Å². The van der Waals surface area contributed by atoms with Gasteiger partial charge in [0.2, 0.25) is 5.91 Å². The summed E-state index contributed by atoms with van der Waals surface area (Å²) in [5, 5.41) is 12.6. The Morgan fingerprint density at radius 1 is 1.52 bits per heavy atom. The quantitative estimate of drug-likeness (QED) is 0.726. The van der Waals surface area contributed by atoms with Crippen molar-refractivity contribution in [3.8, 4) is 0 Å². The molecule has 0 radical (unpaired) electrons. The van der Waals surface area contributed by atoms with Crippen LogP contribution in [0.2, 0.25) is 5.02 Å². The molecule has 0 spiro atoms. The number of aromatic nitrogens is 2. The summed E-state index contributed by atoms with van der Waals surface area (Å²) in [5.74, 6) is 0.547. The number of carbonyl (C=O) groups is 1. The van der Waals surface area contributed by atoms with Gasteiger partial charge in [0.1, 0.15) is 5.82 Å². The molecular weight excluding hydrogens is 368 g/mol. The average Bonchev–Trinajstić information content (AvgIpc) is 2.69. The molecule has 2 aromatic heterocycles. The van der Waals surface area contributed by atoms with E-state index >= 15 is 0 Å². The molecule has 1 fully saturated rings. The molecule has 7 nitrogen and oxygen atoms in total. The highest BCUT2D eigenvalue weighted by atomic mass is 35.5. The lowest BCUT2D eigenvalue weighted by Crippen LogP contribution is -2.46. The lowest BCUT2D eigenvalue weighted by Gasteiger charge is -2.36. The van der Waals surface area contributed by atoms with Gasteiger partial charge in [-0.15, -0.1) is 0 Å². The zero-order chi connectivity index (χ0) is 19.4. The number of nitrogens with one attached hydrogen (secondary N) is 2. The summed E-state index contributed by atoms with van der Waals surface area (Å²) in [4.78, 5) is 33.1. The first kappa shape index (κ1) is 19.5. The molecule has 8 heteroatoms. The number of anilines is 1. The summed E-state index contributed by atoms with van der Waals surface area (Å²) in [6.45, 7) is 3.13. The van der Waals surface area contributed by atoms with Crippen molar-refractivity contribution in [3.63, 3.8) is 0 Å². The van der Waals surface area contributed by atoms with E-state index in [1.54, 1.807) is 24.4 Å². The van der Waals surface area contributed by atoms with E-state index in [0.717, 1.165) is 24.9 Å². The molecule has 144 valence electrons. The van der Waals surface area contributed by atoms with Gasteiger partial charge in [0, 0.05) is 24.5 Å². The number of hydrogen-bond donors (Lipinski definition) is 3. The Kier molecular flexibility index (Phi) is 6.26. The van der Waals surface area contributed by atoms with Crippen LogP contribution in [0, 0.1) is 0 Å². The van der Waals surface area contributed by atoms with E-state index in [0.29, 0.717) is 22.9 Å². The predicted molar refractivity (Wildman–Crippen MR) is 104 cm³/mol. The molecule has 27 heavy (non-hydrogen) atoms. The van der Waals surface area contributed by atoms with Gasteiger partial charge in [-0.1, -0.05) is 11.6 Å². The second-order valence-corrected chi connectivity index (χ2v) is 7.24. The molecular formula is C19H23ClN4O3. The summed E-state index contributed by atoms with van der Waals surface area (Å²) >= 11 is 5.82. The van der Waals surface area contributed by atoms with Gasteiger partial charge in [-0.2, -0.15) is 0 Å². The Labute approximate surface area is 162 Å². The summed E-state index contributed by atoms with van der Waals surface area (Å²) in [6.07, 6.45) is 5.13. The van der Waals surface area contributed by atoms with E-state index in [2.05, 4.69) is 20.2 Å². The molecule has 2 aromatic rings. The zero-order valence-electron chi connectivity index (χ0n) is 15.1. The number of likely N-dealkylation sites (tertiary alicyclic amines) is 1. The summed E-state index contributed by atoms with van der Waals surface area (Å²) < 4.78 is 0. The van der Waals surface area contributed by atoms with Gasteiger partial charge in [0.05, 0.1) is 17.7 Å². The second kappa shape index (κ2) is 8.65. The van der Waals surface area contributed by atoms with Crippen LogP contribution in [0.15, 0.2) is 35.4 Å². The van der Waals surface area contributed by atoms with Crippen molar-refractivity contribution in [2.24, 2.45) is 0 Å². The third-order valence-corrected chi connectivity index (χ3v) is 5.23. The molecule has 3 rings (SSSR count). The van der Waals surface area contributed by atoms with Crippen LogP contribution < -0.4 is 10.9 Å². The fourth-order valence-electron chi connectivity index (χ4n) is 3.38. The first-order valence-electron chi connectivity index (χ1n) is 8.96. The van der Waals surface area contributed by atoms with Gasteiger partial charge in [-0.25, -0.2) is 4.98 Å². The minimum absolute atomic E-state index is 0.122. The van der Waals surface area contributed by atoms with E-state index in [4.69, 9.17) is 11.6 Å². The van der Waals surface area contributed by atoms with Gasteiger partial charge in [-0.3, -0.25) is 14.5 Å². The fourth-order valence-corrected chi connectivity index (χ4v) is 3.49. The molecule has 3 N–H and O–H groups in total. The van der Waals surface area contributed by atoms with Crippen molar-refractivity contribution in [3.05, 3.63) is 57.1 Å². The summed E-state index contributed by atoms with van der Waals surface area (Å²) in [6, 6.07) is 4.80. The topological polar surface area (TPSA) is 98.3 Å². The molecule has 1 aliphatic rings. The lowest BCUT2D eigenvalue weighted by atomic mass is 9.90. The Morgan fingerprint density at radius 3 is 3.04 bits per heavy atom. The number of piperidine rings is 1. The van der Waals surface area contributed by atoms with Crippen LogP contribution in [0.4, 0.5) is 5.82 Å². The van der Waals surface area contributed by atoms with Crippen LogP contribution in [-0.4, -0.2) is 45.0 Å². The van der Waals surface area contributed by atoms with E-state index in [9.17, 15) is 14.7 Å². The maximum atomic E-state index is 12.6. The van der Waals surface area contributed by atoms with Crippen LogP contribution in [-0.2, 0) is 11.4 Å². The molecule has 0 bridgehead atoms. The number of aliphatic hydroxyl groups is 1. The SMILES string of the molecule is CC(C(=O)Nc1ccc(Cl)cn1)N1CCCC(c2c[nH]c(=O)c(CO)c2)C1. The number of halogens is 1. The normalized spacial score (nSPS) is 18.9. The van der Waals surface area contributed by atoms with E-state index < -0.39 is 0 Å². The Bertz CT molecular complexity index is 853. The Morgan fingerprint density at radius 2 is 2.33 bits per heavy atom. The molecule has 1 amide bonds. The largest absolute Gasteiger partial charge is 0.391 e. The highest BCUT2D eigenvalue weighted by molar-refractivity contribution is 6.30. The number of nitrogens with zero attached hydrogens (tertiary/aromatic N) is 2. The molecule has 0 saturated carbocycles. The smallest absolute Gasteiger partial charge is 0.253 e. The van der Waals surface area contributed by atoms with Crippen LogP contribution in [0.1, 0.15) is 36.8 Å². The first-order valence-corrected chi connectivity index (χ1v) is 9.34. The van der Waals surface area contributed by atoms with Gasteiger partial charge < -0.3 is 15.4 Å². The first-order chi connectivity index (χ1) is 13.0. The van der Waals surface area contributed by atoms with Crippen LogP contribution in [0.3, 0.4) is 0 Å². The van der Waals surface area contributed by atoms with Crippen molar-refractivity contribution in [2.45, 2.75) is 38.3 Å². The highest BCUT2D eigenvalue weighted by Gasteiger charge is 2.28. The predicted octanol–water partition coefficient (Wildman–Crippen LogP) is 2.12. The van der Waals surface area contributed by atoms with Crippen molar-refractivity contribution in [1.29, 1.82) is 0 Å². The minimum Gasteiger partial charge on any atom is -0.391 e. The third-order valence-electron chi connectivity index (χ3n) is 5.00. The average molecular weight is 391 g/mol. The van der Waals surface area contributed by atoms with Gasteiger partial charge in [0.25, 0.3) is 5.56 Å². The van der Waals surface area contributed by atoms with Crippen molar-refractivity contribution >= 4 is 23.3 Å². The summed E-state index contributed by atoms with van der Waals surface area (Å²) in [5.41, 5.74) is 1.08. The molecule has 0 aromatic carbocycles. The summed E-state index contributed by atoms with van der Waals surface area (Å²) in [7, 11) is 0. The second-order valence-electron chi connectivity index (χ2n) is 6.81. The van der Waals surface area contributed by atoms with E-state index in [1.165, 1.54) is 6.20 Å². The van der Waals surface area contributed by atoms with E-state index in [-0.39, 0.29) is 30.0 Å². The van der Waals surface area contributed by atoms with Crippen LogP contribution >= 0.6 is 11.6 Å². The number of aliphatic hydroxyl groups excluding tert-OH is 1. The Hall–Kier alpha value is -2.22. The van der Waals surface area contributed by atoms with Crippen molar-refractivity contribution < 1.29 is 9.90 Å². The molecule has 1 aliphatic heterocycles. The number of carbonyl (C=O) groups excluding carboxylic acids is 1. The maximum absolute atomic E-state index is 12.6. The number of hydrogen-bond acceptors (Lipinski definition) is 5. The third kappa shape index (κ3) is 4.74. The maximum Gasteiger partial charge on any atom is 0.253 e. The fraction of sp³-hybridized carbons (Fsp3) is 0.421. The number of aromatic amines is 1. The van der Waals surface area contributed by atoms with Gasteiger partial charge in [0.15, 0.2) is 0 Å². The van der Waals surface area contributed by atoms with Crippen molar-refractivity contribution in [2.75, 3.05) is 18.4 Å². The molecule has 2 atom stereocenters. The molecule has 0 aliphatic carbocycles. The minimum atomic E-state index is -0.314. The number of H-pyrrole nitrogens is 1. The molecule has 2 unspecified atom stereocenters. The Balaban J connectivity index is 1.67. The standard InChI is InChI=1S/C19H23ClN4O3/c1-12(18(26)23-17-5-4-16(20)9-21-17)24-6-2-3-13(10-24)14-7-15(11-25)19(27)22-8-14/h4-5,7-9,12-13,25H,2-3,6,10-11H2,1H3,(H,22,27)(H,21,23,26). The number of amides is 1. The number of pyridine rings is 2. The molecule has 3 heterocycles. The number of rotatable bonds is 5. The monoisotopic (exact) mass is 390 g/mol. The lowest BCUT2D eigenvalue weighted by molar-refractivity contribution is -0.121. The van der Waals surface area contributed by atoms with E-state index in [1.807, 2.05) is 6.92 Å². The zero-order valence-corrected chi connectivity index (χ0v) is 15.9.